The molecule has 14 heavy (non-hydrogen) atoms. The van der Waals surface area contributed by atoms with E-state index in [-0.39, 0.29) is 0 Å². The quantitative estimate of drug-likeness (QED) is 0.520. The van der Waals surface area contributed by atoms with Crippen LogP contribution in [0.1, 0.15) is 59.8 Å². The highest BCUT2D eigenvalue weighted by Gasteiger charge is 2.40. The van der Waals surface area contributed by atoms with E-state index in [2.05, 4.69) is 6.92 Å². The minimum absolute atomic E-state index is 0.422. The summed E-state index contributed by atoms with van der Waals surface area (Å²) in [6.45, 7) is 7.19. The lowest BCUT2D eigenvalue weighted by Crippen LogP contribution is -2.33. The van der Waals surface area contributed by atoms with E-state index in [1.54, 1.807) is 13.8 Å². The van der Waals surface area contributed by atoms with Crippen molar-refractivity contribution in [1.29, 1.82) is 0 Å². The number of alkyl halides is 2. The number of rotatable bonds is 7. The molecule has 0 radical (unpaired) electrons. The van der Waals surface area contributed by atoms with Crippen LogP contribution in [-0.4, -0.2) is 5.92 Å². The molecule has 0 aliphatic heterocycles. The highest BCUT2D eigenvalue weighted by atomic mass is 19.3. The van der Waals surface area contributed by atoms with Gasteiger partial charge in [0.15, 0.2) is 0 Å². The minimum Gasteiger partial charge on any atom is -0.206 e. The monoisotopic (exact) mass is 206 g/mol. The zero-order valence-electron chi connectivity index (χ0n) is 9.95. The highest BCUT2D eigenvalue weighted by Crippen LogP contribution is 2.37. The van der Waals surface area contributed by atoms with Crippen molar-refractivity contribution in [1.82, 2.24) is 0 Å². The van der Waals surface area contributed by atoms with Crippen molar-refractivity contribution in [3.05, 3.63) is 0 Å². The van der Waals surface area contributed by atoms with Gasteiger partial charge < -0.3 is 0 Å². The lowest BCUT2D eigenvalue weighted by Gasteiger charge is -2.29. The summed E-state index contributed by atoms with van der Waals surface area (Å²) in [4.78, 5) is 0. The first-order valence-electron chi connectivity index (χ1n) is 5.84. The average molecular weight is 206 g/mol. The van der Waals surface area contributed by atoms with Crippen molar-refractivity contribution in [2.75, 3.05) is 0 Å². The first kappa shape index (κ1) is 13.9. The summed E-state index contributed by atoms with van der Waals surface area (Å²) in [5.41, 5.74) is 0. The third-order valence-electron chi connectivity index (χ3n) is 2.96. The van der Waals surface area contributed by atoms with Crippen molar-refractivity contribution < 1.29 is 8.78 Å². The summed E-state index contributed by atoms with van der Waals surface area (Å²) >= 11 is 0. The van der Waals surface area contributed by atoms with Gasteiger partial charge in [0, 0.05) is 11.8 Å². The van der Waals surface area contributed by atoms with Crippen LogP contribution in [0.5, 0.6) is 0 Å². The molecule has 0 saturated carbocycles. The second-order valence-corrected chi connectivity index (χ2v) is 4.43. The standard InChI is InChI=1S/C12H24F2/c1-5-7-8-9-11(6-2)12(13,14)10(3)4/h10-11H,5-9H2,1-4H3. The van der Waals surface area contributed by atoms with Crippen LogP contribution < -0.4 is 0 Å². The Morgan fingerprint density at radius 1 is 1.07 bits per heavy atom. The van der Waals surface area contributed by atoms with Crippen LogP contribution in [0.15, 0.2) is 0 Å². The molecule has 0 amide bonds. The largest absolute Gasteiger partial charge is 0.253 e. The molecule has 0 saturated heterocycles. The van der Waals surface area contributed by atoms with Gasteiger partial charge in [0.05, 0.1) is 0 Å². The van der Waals surface area contributed by atoms with Gasteiger partial charge in [-0.2, -0.15) is 0 Å². The average Bonchev–Trinajstić information content (AvgIpc) is 2.12. The molecule has 0 nitrogen and oxygen atoms in total. The van der Waals surface area contributed by atoms with Crippen molar-refractivity contribution in [2.45, 2.75) is 65.7 Å². The van der Waals surface area contributed by atoms with Crippen LogP contribution in [-0.2, 0) is 0 Å². The summed E-state index contributed by atoms with van der Waals surface area (Å²) in [5, 5.41) is 0. The second kappa shape index (κ2) is 6.36. The van der Waals surface area contributed by atoms with E-state index in [0.29, 0.717) is 12.8 Å². The summed E-state index contributed by atoms with van der Waals surface area (Å²) in [6.07, 6.45) is 4.39. The maximum Gasteiger partial charge on any atom is 0.253 e. The zero-order valence-corrected chi connectivity index (χ0v) is 9.95. The van der Waals surface area contributed by atoms with Crippen molar-refractivity contribution in [3.63, 3.8) is 0 Å². The number of unbranched alkanes of at least 4 members (excludes halogenated alkanes) is 2. The van der Waals surface area contributed by atoms with E-state index >= 15 is 0 Å². The first-order chi connectivity index (χ1) is 6.46. The molecule has 0 rings (SSSR count). The van der Waals surface area contributed by atoms with Gasteiger partial charge in [-0.15, -0.1) is 0 Å². The summed E-state index contributed by atoms with van der Waals surface area (Å²) in [5.74, 6) is -3.44. The Balaban J connectivity index is 4.11. The Morgan fingerprint density at radius 2 is 1.64 bits per heavy atom. The lowest BCUT2D eigenvalue weighted by molar-refractivity contribution is -0.102. The fourth-order valence-corrected chi connectivity index (χ4v) is 1.78. The van der Waals surface area contributed by atoms with Gasteiger partial charge in [0.25, 0.3) is 5.92 Å². The zero-order chi connectivity index (χ0) is 11.2. The van der Waals surface area contributed by atoms with E-state index in [4.69, 9.17) is 0 Å². The van der Waals surface area contributed by atoms with Gasteiger partial charge in [-0.1, -0.05) is 47.0 Å². The van der Waals surface area contributed by atoms with E-state index < -0.39 is 17.8 Å². The molecular formula is C12H24F2. The molecule has 0 heterocycles. The maximum atomic E-state index is 13.6. The number of halogens is 2. The summed E-state index contributed by atoms with van der Waals surface area (Å²) < 4.78 is 27.3. The molecule has 0 fully saturated rings. The molecule has 0 bridgehead atoms. The predicted octanol–water partition coefficient (Wildman–Crippen LogP) is 4.88. The molecule has 1 atom stereocenters. The molecule has 1 unspecified atom stereocenters. The highest BCUT2D eigenvalue weighted by molar-refractivity contribution is 4.79. The van der Waals surface area contributed by atoms with Gasteiger partial charge >= 0.3 is 0 Å². The molecule has 0 N–H and O–H groups in total. The Hall–Kier alpha value is -0.140. The molecule has 86 valence electrons. The van der Waals surface area contributed by atoms with Gasteiger partial charge in [0.2, 0.25) is 0 Å². The normalized spacial score (nSPS) is 14.8. The lowest BCUT2D eigenvalue weighted by atomic mass is 9.86. The topological polar surface area (TPSA) is 0 Å². The molecular weight excluding hydrogens is 182 g/mol. The Labute approximate surface area is 87.1 Å². The summed E-state index contributed by atoms with van der Waals surface area (Å²) in [6, 6.07) is 0. The minimum atomic E-state index is -2.48. The first-order valence-corrected chi connectivity index (χ1v) is 5.84. The third-order valence-corrected chi connectivity index (χ3v) is 2.96. The van der Waals surface area contributed by atoms with Crippen molar-refractivity contribution in [3.8, 4) is 0 Å². The van der Waals surface area contributed by atoms with Crippen LogP contribution in [0.2, 0.25) is 0 Å². The maximum absolute atomic E-state index is 13.6. The molecule has 0 aromatic carbocycles. The molecule has 2 heteroatoms. The van der Waals surface area contributed by atoms with Gasteiger partial charge in [-0.05, 0) is 12.8 Å². The predicted molar refractivity (Wildman–Crippen MR) is 57.7 cm³/mol. The van der Waals surface area contributed by atoms with Gasteiger partial charge in [-0.3, -0.25) is 0 Å². The van der Waals surface area contributed by atoms with Crippen LogP contribution in [0.25, 0.3) is 0 Å². The van der Waals surface area contributed by atoms with Gasteiger partial charge in [0.1, 0.15) is 0 Å². The van der Waals surface area contributed by atoms with Crippen LogP contribution >= 0.6 is 0 Å². The van der Waals surface area contributed by atoms with E-state index in [9.17, 15) is 8.78 Å². The van der Waals surface area contributed by atoms with Crippen LogP contribution in [0.4, 0.5) is 8.78 Å². The van der Waals surface area contributed by atoms with E-state index in [0.717, 1.165) is 19.3 Å². The smallest absolute Gasteiger partial charge is 0.206 e. The van der Waals surface area contributed by atoms with Crippen molar-refractivity contribution in [2.24, 2.45) is 11.8 Å². The molecule has 0 aliphatic carbocycles. The van der Waals surface area contributed by atoms with Crippen LogP contribution in [0, 0.1) is 11.8 Å². The van der Waals surface area contributed by atoms with Crippen molar-refractivity contribution >= 4 is 0 Å². The molecule has 0 aliphatic rings. The Kier molecular flexibility index (Phi) is 6.30. The third kappa shape index (κ3) is 3.93. The van der Waals surface area contributed by atoms with Gasteiger partial charge in [-0.25, -0.2) is 8.78 Å². The van der Waals surface area contributed by atoms with E-state index in [1.165, 1.54) is 0 Å². The van der Waals surface area contributed by atoms with E-state index in [1.807, 2.05) is 6.92 Å². The number of hydrogen-bond donors (Lipinski definition) is 0. The molecule has 0 aromatic rings. The fraction of sp³-hybridized carbons (Fsp3) is 1.00. The fourth-order valence-electron chi connectivity index (χ4n) is 1.78. The molecule has 0 spiro atoms. The Bertz CT molecular complexity index is 141. The Morgan fingerprint density at radius 3 is 2.00 bits per heavy atom. The SMILES string of the molecule is CCCCCC(CC)C(F)(F)C(C)C. The molecule has 0 aromatic heterocycles. The second-order valence-electron chi connectivity index (χ2n) is 4.43. The summed E-state index contributed by atoms with van der Waals surface area (Å²) in [7, 11) is 0. The van der Waals surface area contributed by atoms with Crippen LogP contribution in [0.3, 0.4) is 0 Å². The number of hydrogen-bond acceptors (Lipinski definition) is 0.